The van der Waals surface area contributed by atoms with Gasteiger partial charge in [-0.2, -0.15) is 4.31 Å². The molecule has 0 saturated heterocycles. The van der Waals surface area contributed by atoms with Crippen molar-refractivity contribution in [1.29, 1.82) is 0 Å². The average Bonchev–Trinajstić information content (AvgIpc) is 2.16. The van der Waals surface area contributed by atoms with E-state index in [0.29, 0.717) is 32.7 Å². The second kappa shape index (κ2) is 7.17. The van der Waals surface area contributed by atoms with Crippen molar-refractivity contribution in [3.05, 3.63) is 0 Å². The first kappa shape index (κ1) is 13.8. The molecule has 0 spiro atoms. The van der Waals surface area contributed by atoms with E-state index in [9.17, 15) is 8.42 Å². The van der Waals surface area contributed by atoms with E-state index in [1.165, 1.54) is 4.31 Å². The number of methoxy groups -OCH3 is 1. The molecule has 0 unspecified atom stereocenters. The average molecular weight is 224 g/mol. The van der Waals surface area contributed by atoms with E-state index in [1.807, 2.05) is 6.92 Å². The molecule has 0 amide bonds. The molecule has 0 atom stereocenters. The van der Waals surface area contributed by atoms with Crippen molar-refractivity contribution in [2.75, 3.05) is 39.1 Å². The minimum absolute atomic E-state index is 0.126. The Morgan fingerprint density at radius 2 is 2.07 bits per heavy atom. The van der Waals surface area contributed by atoms with Crippen molar-refractivity contribution < 1.29 is 13.2 Å². The molecule has 0 aromatic carbocycles. The summed E-state index contributed by atoms with van der Waals surface area (Å²) in [6.07, 6.45) is 0.506. The summed E-state index contributed by atoms with van der Waals surface area (Å²) in [5.74, 6) is 0.126. The van der Waals surface area contributed by atoms with Gasteiger partial charge in [-0.05, 0) is 13.0 Å². The monoisotopic (exact) mass is 224 g/mol. The lowest BCUT2D eigenvalue weighted by Crippen LogP contribution is -2.35. The van der Waals surface area contributed by atoms with Crippen LogP contribution in [0.15, 0.2) is 0 Å². The third-order valence-electron chi connectivity index (χ3n) is 1.90. The predicted octanol–water partition coefficient (Wildman–Crippen LogP) is -0.367. The van der Waals surface area contributed by atoms with E-state index in [4.69, 9.17) is 10.5 Å². The summed E-state index contributed by atoms with van der Waals surface area (Å²) in [7, 11) is -1.58. The molecule has 0 saturated carbocycles. The third kappa shape index (κ3) is 4.90. The molecule has 5 nitrogen and oxygen atoms in total. The van der Waals surface area contributed by atoms with Gasteiger partial charge in [0.1, 0.15) is 0 Å². The molecule has 0 aliphatic heterocycles. The van der Waals surface area contributed by atoms with Crippen LogP contribution in [0.2, 0.25) is 0 Å². The van der Waals surface area contributed by atoms with E-state index < -0.39 is 10.0 Å². The molecule has 6 heteroatoms. The number of likely N-dealkylation sites (N-methyl/N-ethyl adjacent to an activating group) is 1. The zero-order valence-corrected chi connectivity index (χ0v) is 9.72. The van der Waals surface area contributed by atoms with E-state index in [-0.39, 0.29) is 5.75 Å². The van der Waals surface area contributed by atoms with Crippen LogP contribution in [0.5, 0.6) is 0 Å². The van der Waals surface area contributed by atoms with Crippen LogP contribution in [0, 0.1) is 0 Å². The molecule has 0 heterocycles. The van der Waals surface area contributed by atoms with Crippen LogP contribution >= 0.6 is 0 Å². The van der Waals surface area contributed by atoms with Gasteiger partial charge in [-0.1, -0.05) is 6.92 Å². The van der Waals surface area contributed by atoms with Gasteiger partial charge in [0, 0.05) is 20.2 Å². The fourth-order valence-electron chi connectivity index (χ4n) is 1.08. The van der Waals surface area contributed by atoms with Gasteiger partial charge < -0.3 is 10.5 Å². The van der Waals surface area contributed by atoms with Gasteiger partial charge in [0.15, 0.2) is 0 Å². The Balaban J connectivity index is 4.19. The van der Waals surface area contributed by atoms with E-state index >= 15 is 0 Å². The minimum Gasteiger partial charge on any atom is -0.383 e. The fourth-order valence-corrected chi connectivity index (χ4v) is 2.62. The molecule has 86 valence electrons. The highest BCUT2D eigenvalue weighted by molar-refractivity contribution is 7.89. The summed E-state index contributed by atoms with van der Waals surface area (Å²) in [5, 5.41) is 0. The van der Waals surface area contributed by atoms with Crippen LogP contribution < -0.4 is 5.73 Å². The van der Waals surface area contributed by atoms with Crippen LogP contribution in [-0.4, -0.2) is 51.8 Å². The maximum Gasteiger partial charge on any atom is 0.214 e. The molecule has 0 aromatic heterocycles. The first-order chi connectivity index (χ1) is 6.58. The minimum atomic E-state index is -3.13. The Bertz CT molecular complexity index is 229. The highest BCUT2D eigenvalue weighted by Crippen LogP contribution is 2.02. The second-order valence-electron chi connectivity index (χ2n) is 2.94. The largest absolute Gasteiger partial charge is 0.383 e. The lowest BCUT2D eigenvalue weighted by molar-refractivity contribution is 0.180. The summed E-state index contributed by atoms with van der Waals surface area (Å²) in [4.78, 5) is 0. The van der Waals surface area contributed by atoms with Crippen LogP contribution in [0.4, 0.5) is 0 Å². The van der Waals surface area contributed by atoms with E-state index in [1.54, 1.807) is 7.11 Å². The molecule has 0 fully saturated rings. The van der Waals surface area contributed by atoms with Crippen molar-refractivity contribution in [1.82, 2.24) is 4.31 Å². The van der Waals surface area contributed by atoms with Gasteiger partial charge in [0.25, 0.3) is 0 Å². The highest BCUT2D eigenvalue weighted by Gasteiger charge is 2.18. The van der Waals surface area contributed by atoms with Gasteiger partial charge in [-0.25, -0.2) is 8.42 Å². The summed E-state index contributed by atoms with van der Waals surface area (Å²) in [6, 6.07) is 0. The van der Waals surface area contributed by atoms with E-state index in [0.717, 1.165) is 0 Å². The van der Waals surface area contributed by atoms with Crippen molar-refractivity contribution in [2.45, 2.75) is 13.3 Å². The quantitative estimate of drug-likeness (QED) is 0.611. The number of sulfonamides is 1. The smallest absolute Gasteiger partial charge is 0.214 e. The predicted molar refractivity (Wildman–Crippen MR) is 56.6 cm³/mol. The second-order valence-corrected chi connectivity index (χ2v) is 5.03. The molecule has 0 aliphatic carbocycles. The highest BCUT2D eigenvalue weighted by atomic mass is 32.2. The van der Waals surface area contributed by atoms with Crippen LogP contribution in [0.3, 0.4) is 0 Å². The fraction of sp³-hybridized carbons (Fsp3) is 1.00. The molecule has 14 heavy (non-hydrogen) atoms. The first-order valence-electron chi connectivity index (χ1n) is 4.75. The number of nitrogens with zero attached hydrogens (tertiary/aromatic N) is 1. The van der Waals surface area contributed by atoms with Crippen molar-refractivity contribution >= 4 is 10.0 Å². The van der Waals surface area contributed by atoms with Crippen LogP contribution in [-0.2, 0) is 14.8 Å². The lowest BCUT2D eigenvalue weighted by Gasteiger charge is -2.19. The maximum atomic E-state index is 11.6. The molecule has 0 aliphatic rings. The van der Waals surface area contributed by atoms with Crippen molar-refractivity contribution in [3.8, 4) is 0 Å². The molecule has 2 N–H and O–H groups in total. The van der Waals surface area contributed by atoms with Gasteiger partial charge >= 0.3 is 0 Å². The Morgan fingerprint density at radius 1 is 1.43 bits per heavy atom. The van der Waals surface area contributed by atoms with Crippen molar-refractivity contribution in [2.24, 2.45) is 5.73 Å². The molecule has 0 rings (SSSR count). The molecule has 0 radical (unpaired) electrons. The van der Waals surface area contributed by atoms with Gasteiger partial charge in [0.2, 0.25) is 10.0 Å². The maximum absolute atomic E-state index is 11.6. The number of ether oxygens (including phenoxy) is 1. The number of nitrogens with two attached hydrogens (primary N) is 1. The number of hydrogen-bond acceptors (Lipinski definition) is 4. The zero-order chi connectivity index (χ0) is 11.0. The molecular weight excluding hydrogens is 204 g/mol. The summed E-state index contributed by atoms with van der Waals surface area (Å²) in [6.45, 7) is 3.54. The van der Waals surface area contributed by atoms with Crippen molar-refractivity contribution in [3.63, 3.8) is 0 Å². The van der Waals surface area contributed by atoms with Crippen LogP contribution in [0.1, 0.15) is 13.3 Å². The molecule has 0 aromatic rings. The third-order valence-corrected chi connectivity index (χ3v) is 3.93. The Hall–Kier alpha value is -0.170. The number of hydrogen-bond donors (Lipinski definition) is 1. The standard InChI is InChI=1S/C8H20N2O3S/c1-3-10(6-7-13-2)14(11,12)8-4-5-9/h3-9H2,1-2H3. The Labute approximate surface area is 86.3 Å². The van der Waals surface area contributed by atoms with Gasteiger partial charge in [0.05, 0.1) is 12.4 Å². The summed E-state index contributed by atoms with van der Waals surface area (Å²) < 4.78 is 29.5. The van der Waals surface area contributed by atoms with Crippen LogP contribution in [0.25, 0.3) is 0 Å². The zero-order valence-electron chi connectivity index (χ0n) is 8.90. The SMILES string of the molecule is CCN(CCOC)S(=O)(=O)CCCN. The normalized spacial score (nSPS) is 12.3. The number of rotatable bonds is 8. The topological polar surface area (TPSA) is 72.6 Å². The lowest BCUT2D eigenvalue weighted by atomic mass is 10.5. The van der Waals surface area contributed by atoms with Gasteiger partial charge in [-0.3, -0.25) is 0 Å². The summed E-state index contributed by atoms with van der Waals surface area (Å²) in [5.41, 5.74) is 5.27. The Morgan fingerprint density at radius 3 is 2.50 bits per heavy atom. The Kier molecular flexibility index (Phi) is 7.08. The molecular formula is C8H20N2O3S. The summed E-state index contributed by atoms with van der Waals surface area (Å²) >= 11 is 0. The van der Waals surface area contributed by atoms with Gasteiger partial charge in [-0.15, -0.1) is 0 Å². The molecule has 0 bridgehead atoms. The van der Waals surface area contributed by atoms with E-state index in [2.05, 4.69) is 0 Å². The first-order valence-corrected chi connectivity index (χ1v) is 6.36.